The van der Waals surface area contributed by atoms with E-state index in [0.29, 0.717) is 18.0 Å². The molecule has 1 N–H and O–H groups in total. The highest BCUT2D eigenvalue weighted by molar-refractivity contribution is 4.95. The van der Waals surface area contributed by atoms with Gasteiger partial charge in [0, 0.05) is 32.2 Å². The Bertz CT molecular complexity index is 446. The normalized spacial score (nSPS) is 24.7. The second kappa shape index (κ2) is 6.44. The number of nitrogens with zero attached hydrogens (tertiary/aromatic N) is 4. The third-order valence-corrected chi connectivity index (χ3v) is 4.47. The topological polar surface area (TPSA) is 46.0 Å². The van der Waals surface area contributed by atoms with Gasteiger partial charge in [0.1, 0.15) is 12.2 Å². The number of piperazine rings is 1. The molecule has 21 heavy (non-hydrogen) atoms. The highest BCUT2D eigenvalue weighted by atomic mass is 15.3. The predicted molar refractivity (Wildman–Crippen MR) is 85.9 cm³/mol. The van der Waals surface area contributed by atoms with Crippen LogP contribution in [0.3, 0.4) is 0 Å². The summed E-state index contributed by atoms with van der Waals surface area (Å²) in [6, 6.07) is 1.11. The lowest BCUT2D eigenvalue weighted by Crippen LogP contribution is -2.60. The SMILES string of the molecule is CC(C)CC1CNC(C(C)(C)C)CN1Cc1ncnn1C. The number of nitrogens with one attached hydrogen (secondary N) is 1. The second-order valence-electron chi connectivity index (χ2n) is 7.84. The van der Waals surface area contributed by atoms with Gasteiger partial charge >= 0.3 is 0 Å². The maximum atomic E-state index is 4.40. The first kappa shape index (κ1) is 16.4. The fourth-order valence-electron chi connectivity index (χ4n) is 3.05. The van der Waals surface area contributed by atoms with E-state index >= 15 is 0 Å². The van der Waals surface area contributed by atoms with E-state index in [9.17, 15) is 0 Å². The van der Waals surface area contributed by atoms with Crippen molar-refractivity contribution in [3.05, 3.63) is 12.2 Å². The van der Waals surface area contributed by atoms with Crippen molar-refractivity contribution in [1.82, 2.24) is 25.0 Å². The Labute approximate surface area is 129 Å². The molecule has 1 aromatic heterocycles. The largest absolute Gasteiger partial charge is 0.311 e. The van der Waals surface area contributed by atoms with Crippen molar-refractivity contribution in [3.63, 3.8) is 0 Å². The molecule has 5 nitrogen and oxygen atoms in total. The number of rotatable bonds is 4. The van der Waals surface area contributed by atoms with Crippen LogP contribution in [0, 0.1) is 11.3 Å². The molecule has 1 aliphatic rings. The molecule has 1 aromatic rings. The molecule has 1 aliphatic heterocycles. The van der Waals surface area contributed by atoms with Gasteiger partial charge in [-0.25, -0.2) is 4.98 Å². The van der Waals surface area contributed by atoms with Gasteiger partial charge in [-0.05, 0) is 17.8 Å². The van der Waals surface area contributed by atoms with Gasteiger partial charge in [0.15, 0.2) is 0 Å². The van der Waals surface area contributed by atoms with Crippen LogP contribution >= 0.6 is 0 Å². The molecule has 0 amide bonds. The average molecular weight is 293 g/mol. The Morgan fingerprint density at radius 1 is 1.38 bits per heavy atom. The number of hydrogen-bond donors (Lipinski definition) is 1. The molecule has 2 unspecified atom stereocenters. The Kier molecular flexibility index (Phi) is 5.04. The summed E-state index contributed by atoms with van der Waals surface area (Å²) in [7, 11) is 1.98. The monoisotopic (exact) mass is 293 g/mol. The van der Waals surface area contributed by atoms with Crippen LogP contribution in [0.25, 0.3) is 0 Å². The van der Waals surface area contributed by atoms with E-state index in [0.717, 1.165) is 25.5 Å². The molecule has 0 bridgehead atoms. The van der Waals surface area contributed by atoms with Crippen molar-refractivity contribution in [2.24, 2.45) is 18.4 Å². The maximum absolute atomic E-state index is 4.40. The minimum absolute atomic E-state index is 0.279. The zero-order valence-corrected chi connectivity index (χ0v) is 14.4. The number of aromatic nitrogens is 3. The van der Waals surface area contributed by atoms with E-state index in [-0.39, 0.29) is 5.41 Å². The van der Waals surface area contributed by atoms with Gasteiger partial charge in [-0.2, -0.15) is 5.10 Å². The van der Waals surface area contributed by atoms with Crippen LogP contribution in [0.5, 0.6) is 0 Å². The zero-order valence-electron chi connectivity index (χ0n) is 14.4. The quantitative estimate of drug-likeness (QED) is 0.923. The minimum Gasteiger partial charge on any atom is -0.311 e. The van der Waals surface area contributed by atoms with Gasteiger partial charge in [0.05, 0.1) is 6.54 Å². The van der Waals surface area contributed by atoms with Crippen molar-refractivity contribution in [3.8, 4) is 0 Å². The van der Waals surface area contributed by atoms with E-state index in [2.05, 4.69) is 54.9 Å². The van der Waals surface area contributed by atoms with Gasteiger partial charge in [-0.1, -0.05) is 34.6 Å². The smallest absolute Gasteiger partial charge is 0.140 e. The summed E-state index contributed by atoms with van der Waals surface area (Å²) in [4.78, 5) is 6.99. The first-order valence-electron chi connectivity index (χ1n) is 8.07. The van der Waals surface area contributed by atoms with E-state index in [1.54, 1.807) is 6.33 Å². The number of aryl methyl sites for hydroxylation is 1. The molecule has 1 saturated heterocycles. The van der Waals surface area contributed by atoms with Crippen molar-refractivity contribution < 1.29 is 0 Å². The molecule has 5 heteroatoms. The molecule has 1 fully saturated rings. The minimum atomic E-state index is 0.279. The molecule has 0 aromatic carbocycles. The van der Waals surface area contributed by atoms with E-state index in [1.165, 1.54) is 6.42 Å². The lowest BCUT2D eigenvalue weighted by molar-refractivity contribution is 0.0662. The molecule has 0 radical (unpaired) electrons. The van der Waals surface area contributed by atoms with E-state index in [1.807, 2.05) is 11.7 Å². The Balaban J connectivity index is 2.11. The summed E-state index contributed by atoms with van der Waals surface area (Å²) in [5.41, 5.74) is 0.279. The highest BCUT2D eigenvalue weighted by Gasteiger charge is 2.34. The van der Waals surface area contributed by atoms with Gasteiger partial charge in [-0.15, -0.1) is 0 Å². The fourth-order valence-corrected chi connectivity index (χ4v) is 3.05. The standard InChI is InChI=1S/C16H31N5/c1-12(2)7-13-8-17-14(16(3,4)5)9-21(13)10-15-18-11-19-20(15)6/h11-14,17H,7-10H2,1-6H3. The number of hydrogen-bond acceptors (Lipinski definition) is 4. The molecule has 0 saturated carbocycles. The van der Waals surface area contributed by atoms with Crippen LogP contribution in [0.2, 0.25) is 0 Å². The third kappa shape index (κ3) is 4.27. The second-order valence-corrected chi connectivity index (χ2v) is 7.84. The summed E-state index contributed by atoms with van der Waals surface area (Å²) in [6.07, 6.45) is 2.87. The lowest BCUT2D eigenvalue weighted by atomic mass is 9.84. The summed E-state index contributed by atoms with van der Waals surface area (Å²) in [5.74, 6) is 1.77. The van der Waals surface area contributed by atoms with Gasteiger partial charge < -0.3 is 5.32 Å². The lowest BCUT2D eigenvalue weighted by Gasteiger charge is -2.45. The Hall–Kier alpha value is -0.940. The molecule has 2 rings (SSSR count). The van der Waals surface area contributed by atoms with Crippen LogP contribution in [0.1, 0.15) is 46.9 Å². The summed E-state index contributed by atoms with van der Waals surface area (Å²) < 4.78 is 1.89. The summed E-state index contributed by atoms with van der Waals surface area (Å²) >= 11 is 0. The first-order chi connectivity index (χ1) is 9.77. The van der Waals surface area contributed by atoms with Crippen molar-refractivity contribution in [2.45, 2.75) is 59.7 Å². The fraction of sp³-hybridized carbons (Fsp3) is 0.875. The summed E-state index contributed by atoms with van der Waals surface area (Å²) in [5, 5.41) is 7.95. The van der Waals surface area contributed by atoms with Crippen LogP contribution in [0.15, 0.2) is 6.33 Å². The Morgan fingerprint density at radius 2 is 2.10 bits per heavy atom. The van der Waals surface area contributed by atoms with E-state index < -0.39 is 0 Å². The molecule has 0 aliphatic carbocycles. The van der Waals surface area contributed by atoms with Gasteiger partial charge in [0.25, 0.3) is 0 Å². The molecule has 2 heterocycles. The zero-order chi connectivity index (χ0) is 15.6. The molecular weight excluding hydrogens is 262 g/mol. The van der Waals surface area contributed by atoms with Crippen LogP contribution in [0.4, 0.5) is 0 Å². The third-order valence-electron chi connectivity index (χ3n) is 4.47. The predicted octanol–water partition coefficient (Wildman–Crippen LogP) is 2.05. The maximum Gasteiger partial charge on any atom is 0.140 e. The van der Waals surface area contributed by atoms with E-state index in [4.69, 9.17) is 0 Å². The molecule has 120 valence electrons. The van der Waals surface area contributed by atoms with Gasteiger partial charge in [-0.3, -0.25) is 9.58 Å². The average Bonchev–Trinajstić information content (AvgIpc) is 2.75. The van der Waals surface area contributed by atoms with Crippen molar-refractivity contribution in [2.75, 3.05) is 13.1 Å². The molecular formula is C16H31N5. The highest BCUT2D eigenvalue weighted by Crippen LogP contribution is 2.26. The van der Waals surface area contributed by atoms with Crippen molar-refractivity contribution >= 4 is 0 Å². The first-order valence-corrected chi connectivity index (χ1v) is 8.07. The van der Waals surface area contributed by atoms with Gasteiger partial charge in [0.2, 0.25) is 0 Å². The Morgan fingerprint density at radius 3 is 2.62 bits per heavy atom. The van der Waals surface area contributed by atoms with Crippen LogP contribution < -0.4 is 5.32 Å². The molecule has 2 atom stereocenters. The van der Waals surface area contributed by atoms with Crippen LogP contribution in [-0.2, 0) is 13.6 Å². The van der Waals surface area contributed by atoms with Crippen LogP contribution in [-0.4, -0.2) is 44.8 Å². The summed E-state index contributed by atoms with van der Waals surface area (Å²) in [6.45, 7) is 14.6. The molecule has 0 spiro atoms. The van der Waals surface area contributed by atoms with Crippen molar-refractivity contribution in [1.29, 1.82) is 0 Å².